The van der Waals surface area contributed by atoms with E-state index in [1.165, 1.54) is 0 Å². The molecule has 0 bridgehead atoms. The van der Waals surface area contributed by atoms with Gasteiger partial charge in [0.15, 0.2) is 0 Å². The van der Waals surface area contributed by atoms with Crippen LogP contribution in [0.25, 0.3) is 0 Å². The van der Waals surface area contributed by atoms with E-state index in [0.29, 0.717) is 0 Å². The number of aryl methyl sites for hydroxylation is 1. The summed E-state index contributed by atoms with van der Waals surface area (Å²) in [4.78, 5) is 7.30. The predicted molar refractivity (Wildman–Crippen MR) is 52.6 cm³/mol. The maximum absolute atomic E-state index is 3.65. The Hall–Kier alpha value is 0.184. The Morgan fingerprint density at radius 3 is 1.62 bits per heavy atom. The van der Waals surface area contributed by atoms with Crippen molar-refractivity contribution in [1.29, 1.82) is 0 Å². The van der Waals surface area contributed by atoms with Crippen molar-refractivity contribution in [2.24, 2.45) is 0 Å². The van der Waals surface area contributed by atoms with Gasteiger partial charge in [-0.3, -0.25) is 0 Å². The molecule has 0 aliphatic rings. The molecule has 3 heteroatoms. The average molecular weight is 255 g/mol. The Morgan fingerprint density at radius 1 is 1.15 bits per heavy atom. The molecular formula is C10H18N2Y-2. The molecule has 73 valence electrons. The van der Waals surface area contributed by atoms with Gasteiger partial charge in [-0.15, -0.1) is 5.56 Å². The molecule has 0 fully saturated rings. The van der Waals surface area contributed by atoms with Crippen LogP contribution in [-0.2, 0) is 32.7 Å². The van der Waals surface area contributed by atoms with Crippen LogP contribution in [0, 0.1) is 19.7 Å². The second kappa shape index (κ2) is 18.1. The largest absolute Gasteiger partial charge is 0.374 e. The van der Waals surface area contributed by atoms with Gasteiger partial charge in [-0.2, -0.15) is 13.8 Å². The molecule has 0 aliphatic heterocycles. The summed E-state index contributed by atoms with van der Waals surface area (Å²) in [5, 5.41) is 0. The van der Waals surface area contributed by atoms with Gasteiger partial charge in [0.1, 0.15) is 0 Å². The summed E-state index contributed by atoms with van der Waals surface area (Å²) in [6, 6.07) is 0. The molecule has 0 N–H and O–H groups in total. The van der Waals surface area contributed by atoms with Crippen LogP contribution in [0.2, 0.25) is 0 Å². The van der Waals surface area contributed by atoms with Crippen LogP contribution in [0.1, 0.15) is 33.3 Å². The second-order valence-electron chi connectivity index (χ2n) is 1.94. The fourth-order valence-electron chi connectivity index (χ4n) is 0.328. The fraction of sp³-hybridized carbons (Fsp3) is 0.500. The van der Waals surface area contributed by atoms with Crippen molar-refractivity contribution in [3.63, 3.8) is 0 Å². The van der Waals surface area contributed by atoms with Crippen LogP contribution in [-0.4, -0.2) is 9.97 Å². The van der Waals surface area contributed by atoms with Crippen molar-refractivity contribution in [1.82, 2.24) is 9.97 Å². The maximum atomic E-state index is 3.65. The Labute approximate surface area is 107 Å². The molecule has 0 aromatic carbocycles. The van der Waals surface area contributed by atoms with Gasteiger partial charge in [0, 0.05) is 39.0 Å². The number of aromatic nitrogens is 2. The Kier molecular flexibility index (Phi) is 26.2. The molecule has 0 saturated heterocycles. The van der Waals surface area contributed by atoms with E-state index < -0.39 is 0 Å². The van der Waals surface area contributed by atoms with Crippen LogP contribution in [0.4, 0.5) is 0 Å². The van der Waals surface area contributed by atoms with Gasteiger partial charge >= 0.3 is 0 Å². The minimum atomic E-state index is 0. The monoisotopic (exact) mass is 255 g/mol. The van der Waals surface area contributed by atoms with Crippen molar-refractivity contribution < 1.29 is 32.7 Å². The van der Waals surface area contributed by atoms with E-state index in [1.54, 1.807) is 12.4 Å². The van der Waals surface area contributed by atoms with Gasteiger partial charge in [-0.1, -0.05) is 33.2 Å². The molecule has 1 heterocycles. The van der Waals surface area contributed by atoms with Gasteiger partial charge in [0.05, 0.1) is 0 Å². The summed E-state index contributed by atoms with van der Waals surface area (Å²) in [6.07, 6.45) is 7.86. The Bertz CT molecular complexity index is 154. The molecule has 1 aromatic heterocycles. The number of hydrogen-bond acceptors (Lipinski definition) is 2. The molecule has 0 aliphatic carbocycles. The molecule has 1 rings (SSSR count). The predicted octanol–water partition coefficient (Wildman–Crippen LogP) is 2.84. The minimum absolute atomic E-state index is 0. The molecular weight excluding hydrogens is 237 g/mol. The van der Waals surface area contributed by atoms with E-state index in [-0.39, 0.29) is 32.7 Å². The summed E-state index contributed by atoms with van der Waals surface area (Å²) in [6.45, 7) is 9.94. The number of hydrogen-bond donors (Lipinski definition) is 0. The van der Waals surface area contributed by atoms with Crippen LogP contribution in [0.5, 0.6) is 0 Å². The third kappa shape index (κ3) is 18.9. The van der Waals surface area contributed by atoms with E-state index in [1.807, 2.05) is 41.0 Å². The molecule has 0 amide bonds. The zero-order chi connectivity index (χ0) is 9.82. The van der Waals surface area contributed by atoms with Crippen LogP contribution < -0.4 is 0 Å². The first-order valence-electron chi connectivity index (χ1n) is 4.20. The van der Waals surface area contributed by atoms with Gasteiger partial charge in [-0.25, -0.2) is 0 Å². The van der Waals surface area contributed by atoms with Crippen molar-refractivity contribution in [3.05, 3.63) is 30.7 Å². The van der Waals surface area contributed by atoms with E-state index in [2.05, 4.69) is 16.3 Å². The quantitative estimate of drug-likeness (QED) is 0.666. The van der Waals surface area contributed by atoms with E-state index in [4.69, 9.17) is 0 Å². The standard InChI is InChI=1S/C5H5N2.C3H7.C2H6.Y/c1-5-2-6-4-7-3-5;1-3-2;1-2;/h2-3H,1H3;3H,1-2H3;1-2H3;/q2*-1;;. The van der Waals surface area contributed by atoms with Gasteiger partial charge in [0.25, 0.3) is 0 Å². The van der Waals surface area contributed by atoms with E-state index in [9.17, 15) is 0 Å². The molecule has 13 heavy (non-hydrogen) atoms. The first-order valence-corrected chi connectivity index (χ1v) is 4.20. The van der Waals surface area contributed by atoms with Crippen molar-refractivity contribution >= 4 is 0 Å². The molecule has 0 atom stereocenters. The SMILES string of the molecule is CC.C[CH-]C.Cc1cn[c-]nc1.[Y]. The van der Waals surface area contributed by atoms with E-state index in [0.717, 1.165) is 5.56 Å². The summed E-state index contributed by atoms with van der Waals surface area (Å²) >= 11 is 0. The average Bonchev–Trinajstić information content (AvgIpc) is 2.11. The zero-order valence-electron chi connectivity index (χ0n) is 9.20. The molecule has 1 aromatic rings. The van der Waals surface area contributed by atoms with Crippen molar-refractivity contribution in [2.75, 3.05) is 0 Å². The first-order chi connectivity index (χ1) is 5.81. The van der Waals surface area contributed by atoms with Gasteiger partial charge in [-0.05, 0) is 0 Å². The van der Waals surface area contributed by atoms with Gasteiger partial charge in [0.2, 0.25) is 0 Å². The fourth-order valence-corrected chi connectivity index (χ4v) is 0.328. The second-order valence-corrected chi connectivity index (χ2v) is 1.94. The summed E-state index contributed by atoms with van der Waals surface area (Å²) in [7, 11) is 0. The third-order valence-corrected chi connectivity index (χ3v) is 0.652. The molecule has 0 saturated carbocycles. The van der Waals surface area contributed by atoms with Crippen molar-refractivity contribution in [2.45, 2.75) is 34.6 Å². The van der Waals surface area contributed by atoms with Gasteiger partial charge < -0.3 is 16.4 Å². The van der Waals surface area contributed by atoms with Crippen LogP contribution in [0.15, 0.2) is 12.4 Å². The molecule has 0 spiro atoms. The van der Waals surface area contributed by atoms with Crippen LogP contribution in [0.3, 0.4) is 0 Å². The molecule has 0 unspecified atom stereocenters. The third-order valence-electron chi connectivity index (χ3n) is 0.652. The van der Waals surface area contributed by atoms with E-state index >= 15 is 0 Å². The Morgan fingerprint density at radius 2 is 1.46 bits per heavy atom. The first kappa shape index (κ1) is 18.9. The molecule has 1 radical (unpaired) electrons. The number of nitrogens with zero attached hydrogens (tertiary/aromatic N) is 2. The number of rotatable bonds is 0. The smallest absolute Gasteiger partial charge is 0.0213 e. The van der Waals surface area contributed by atoms with Crippen LogP contribution >= 0.6 is 0 Å². The zero-order valence-corrected chi connectivity index (χ0v) is 12.0. The maximum Gasteiger partial charge on any atom is 0.0213 e. The van der Waals surface area contributed by atoms with Crippen molar-refractivity contribution in [3.8, 4) is 0 Å². The minimum Gasteiger partial charge on any atom is -0.374 e. The Balaban J connectivity index is -0.000000146. The normalized spacial score (nSPS) is 6.54. The summed E-state index contributed by atoms with van der Waals surface area (Å²) in [5.74, 6) is 0. The topological polar surface area (TPSA) is 25.8 Å². The molecule has 2 nitrogen and oxygen atoms in total. The summed E-state index contributed by atoms with van der Waals surface area (Å²) < 4.78 is 0. The summed E-state index contributed by atoms with van der Waals surface area (Å²) in [5.41, 5.74) is 1.07.